The van der Waals surface area contributed by atoms with Crippen LogP contribution in [-0.2, 0) is 18.7 Å². The molecule has 5 heteroatoms. The molecular weight excluding hydrogens is 200 g/mol. The molecule has 0 amide bonds. The summed E-state index contributed by atoms with van der Waals surface area (Å²) in [6, 6.07) is 0. The molecule has 0 aliphatic heterocycles. The summed E-state index contributed by atoms with van der Waals surface area (Å²) in [4.78, 5) is 11.5. The molecule has 0 aromatic heterocycles. The lowest BCUT2D eigenvalue weighted by molar-refractivity contribution is -0.134. The van der Waals surface area contributed by atoms with Crippen LogP contribution in [0.3, 0.4) is 0 Å². The van der Waals surface area contributed by atoms with Gasteiger partial charge in [-0.05, 0) is 19.6 Å². The maximum absolute atomic E-state index is 11.5. The van der Waals surface area contributed by atoms with Gasteiger partial charge in [-0.25, -0.2) is 0 Å². The molecule has 0 aromatic rings. The van der Waals surface area contributed by atoms with Crippen LogP contribution in [-0.4, -0.2) is 47.6 Å². The van der Waals surface area contributed by atoms with Gasteiger partial charge in [-0.1, -0.05) is 0 Å². The van der Waals surface area contributed by atoms with Gasteiger partial charge < -0.3 is 13.9 Å². The van der Waals surface area contributed by atoms with Crippen molar-refractivity contribution < 1.29 is 18.7 Å². The van der Waals surface area contributed by atoms with Crippen LogP contribution in [0.4, 0.5) is 0 Å². The van der Waals surface area contributed by atoms with E-state index in [1.165, 1.54) is 7.11 Å². The molecule has 0 bridgehead atoms. The number of hydrogen-bond acceptors (Lipinski definition) is 4. The third-order valence-corrected chi connectivity index (χ3v) is 2.62. The highest BCUT2D eigenvalue weighted by Gasteiger charge is 2.21. The maximum Gasteiger partial charge on any atom is 0.188 e. The first kappa shape index (κ1) is 13.8. The number of Topliss-reactive ketones (excluding diaryl/α,β-unsaturated/α-hetero) is 1. The lowest BCUT2D eigenvalue weighted by Gasteiger charge is -2.19. The summed E-state index contributed by atoms with van der Waals surface area (Å²) < 4.78 is 15.3. The normalized spacial score (nSPS) is 14.1. The van der Waals surface area contributed by atoms with E-state index >= 15 is 0 Å². The van der Waals surface area contributed by atoms with Crippen molar-refractivity contribution in [3.05, 3.63) is 0 Å². The van der Waals surface area contributed by atoms with Gasteiger partial charge in [0.2, 0.25) is 0 Å². The van der Waals surface area contributed by atoms with E-state index in [-0.39, 0.29) is 19.0 Å². The zero-order valence-electron chi connectivity index (χ0n) is 9.62. The van der Waals surface area contributed by atoms with E-state index in [4.69, 9.17) is 13.9 Å². The molecule has 1 atom stereocenters. The number of rotatable bonds is 7. The van der Waals surface area contributed by atoms with Gasteiger partial charge in [0.25, 0.3) is 0 Å². The van der Waals surface area contributed by atoms with Gasteiger partial charge in [0.05, 0.1) is 13.2 Å². The summed E-state index contributed by atoms with van der Waals surface area (Å²) in [5, 5.41) is 0. The number of ether oxygens (including phenoxy) is 2. The highest BCUT2D eigenvalue weighted by atomic mass is 28.4. The van der Waals surface area contributed by atoms with Crippen molar-refractivity contribution in [3.63, 3.8) is 0 Å². The number of methoxy groups -OCH3 is 2. The topological polar surface area (TPSA) is 44.8 Å². The van der Waals surface area contributed by atoms with E-state index < -0.39 is 14.4 Å². The minimum atomic E-state index is -1.62. The Morgan fingerprint density at radius 2 is 1.86 bits per heavy atom. The van der Waals surface area contributed by atoms with Crippen molar-refractivity contribution in [2.75, 3.05) is 27.4 Å². The van der Waals surface area contributed by atoms with Crippen molar-refractivity contribution in [1.29, 1.82) is 0 Å². The monoisotopic (exact) mass is 220 g/mol. The first-order valence-corrected chi connectivity index (χ1v) is 8.00. The van der Waals surface area contributed by atoms with Gasteiger partial charge in [0.1, 0.15) is 6.10 Å². The van der Waals surface area contributed by atoms with Crippen LogP contribution in [0.1, 0.15) is 0 Å². The molecule has 0 rings (SSSR count). The zero-order valence-corrected chi connectivity index (χ0v) is 10.6. The average Bonchev–Trinajstić information content (AvgIpc) is 2.09. The Balaban J connectivity index is 3.93. The van der Waals surface area contributed by atoms with Crippen LogP contribution >= 0.6 is 0 Å². The van der Waals surface area contributed by atoms with Crippen molar-refractivity contribution in [2.45, 2.75) is 25.7 Å². The van der Waals surface area contributed by atoms with Gasteiger partial charge in [-0.3, -0.25) is 4.79 Å². The largest absolute Gasteiger partial charge is 0.410 e. The third-order valence-electron chi connectivity index (χ3n) is 1.61. The minimum absolute atomic E-state index is 0.0585. The minimum Gasteiger partial charge on any atom is -0.410 e. The molecule has 14 heavy (non-hydrogen) atoms. The summed E-state index contributed by atoms with van der Waals surface area (Å²) in [6.45, 7) is 6.53. The van der Waals surface area contributed by atoms with E-state index in [1.807, 2.05) is 19.6 Å². The summed E-state index contributed by atoms with van der Waals surface area (Å²) in [6.07, 6.45) is -0.503. The molecule has 0 fully saturated rings. The second-order valence-electron chi connectivity index (χ2n) is 4.05. The molecule has 0 saturated carbocycles. The second kappa shape index (κ2) is 6.29. The number of hydrogen-bond donors (Lipinski definition) is 0. The van der Waals surface area contributed by atoms with Crippen LogP contribution in [0.2, 0.25) is 19.6 Å². The van der Waals surface area contributed by atoms with Crippen molar-refractivity contribution in [3.8, 4) is 0 Å². The first-order chi connectivity index (χ1) is 6.40. The fraction of sp³-hybridized carbons (Fsp3) is 0.889. The van der Waals surface area contributed by atoms with Crippen molar-refractivity contribution >= 4 is 14.1 Å². The second-order valence-corrected chi connectivity index (χ2v) is 8.56. The van der Waals surface area contributed by atoms with Gasteiger partial charge in [-0.15, -0.1) is 0 Å². The predicted molar refractivity (Wildman–Crippen MR) is 57.0 cm³/mol. The molecular formula is C9H20O4Si. The van der Waals surface area contributed by atoms with Crippen LogP contribution < -0.4 is 0 Å². The van der Waals surface area contributed by atoms with E-state index in [2.05, 4.69) is 0 Å². The molecule has 0 aliphatic rings. The molecule has 0 spiro atoms. The number of ketones is 1. The first-order valence-electron chi connectivity index (χ1n) is 4.59. The average molecular weight is 220 g/mol. The quantitative estimate of drug-likeness (QED) is 0.602. The van der Waals surface area contributed by atoms with E-state index in [1.54, 1.807) is 7.11 Å². The molecule has 0 saturated heterocycles. The number of carbonyl (C=O) groups is 1. The Morgan fingerprint density at radius 1 is 1.29 bits per heavy atom. The summed E-state index contributed by atoms with van der Waals surface area (Å²) >= 11 is 0. The molecule has 0 radical (unpaired) electrons. The molecule has 0 aromatic carbocycles. The Hall–Kier alpha value is -0.233. The smallest absolute Gasteiger partial charge is 0.188 e. The third kappa shape index (κ3) is 6.26. The van der Waals surface area contributed by atoms with E-state index in [9.17, 15) is 4.79 Å². The van der Waals surface area contributed by atoms with Gasteiger partial charge in [0, 0.05) is 14.2 Å². The lowest BCUT2D eigenvalue weighted by Crippen LogP contribution is -2.36. The molecule has 0 heterocycles. The molecule has 4 nitrogen and oxygen atoms in total. The van der Waals surface area contributed by atoms with Crippen LogP contribution in [0, 0.1) is 0 Å². The Morgan fingerprint density at radius 3 is 2.21 bits per heavy atom. The zero-order chi connectivity index (χ0) is 11.2. The molecule has 0 N–H and O–H groups in total. The fourth-order valence-electron chi connectivity index (χ4n) is 0.824. The highest BCUT2D eigenvalue weighted by Crippen LogP contribution is 2.03. The van der Waals surface area contributed by atoms with Crippen LogP contribution in [0.25, 0.3) is 0 Å². The maximum atomic E-state index is 11.5. The highest BCUT2D eigenvalue weighted by molar-refractivity contribution is 6.69. The lowest BCUT2D eigenvalue weighted by atomic mass is 10.2. The van der Waals surface area contributed by atoms with Crippen LogP contribution in [0.15, 0.2) is 0 Å². The van der Waals surface area contributed by atoms with E-state index in [0.717, 1.165) is 0 Å². The Bertz CT molecular complexity index is 176. The predicted octanol–water partition coefficient (Wildman–Crippen LogP) is 1.07. The fourth-order valence-corrected chi connectivity index (χ4v) is 1.40. The molecule has 84 valence electrons. The van der Waals surface area contributed by atoms with Gasteiger partial charge >= 0.3 is 0 Å². The Labute approximate surface area is 86.7 Å². The molecule has 0 unspecified atom stereocenters. The number of carbonyl (C=O) groups excluding carboxylic acids is 1. The Kier molecular flexibility index (Phi) is 6.18. The summed E-state index contributed by atoms with van der Waals surface area (Å²) in [7, 11) is 1.42. The van der Waals surface area contributed by atoms with Crippen molar-refractivity contribution in [2.24, 2.45) is 0 Å². The van der Waals surface area contributed by atoms with Crippen LogP contribution in [0.5, 0.6) is 0 Å². The van der Waals surface area contributed by atoms with E-state index in [0.29, 0.717) is 0 Å². The van der Waals surface area contributed by atoms with Crippen molar-refractivity contribution in [1.82, 2.24) is 0 Å². The standard InChI is InChI=1S/C9H20O4Si/c1-11-7-9(12-2)8(10)6-13-14(3,4)5/h9H,6-7H2,1-5H3/t9-/m0/s1. The summed E-state index contributed by atoms with van der Waals surface area (Å²) in [5.41, 5.74) is 0. The van der Waals surface area contributed by atoms with Gasteiger partial charge in [0.15, 0.2) is 14.1 Å². The SMILES string of the molecule is COC[C@H](OC)C(=O)CO[Si](C)(C)C. The summed E-state index contributed by atoms with van der Waals surface area (Å²) in [5.74, 6) is -0.0585. The molecule has 0 aliphatic carbocycles. The van der Waals surface area contributed by atoms with Gasteiger partial charge in [-0.2, -0.15) is 0 Å².